The first-order valence-electron chi connectivity index (χ1n) is 4.93. The van der Waals surface area contributed by atoms with Crippen LogP contribution in [-0.4, -0.2) is 21.6 Å². The molecule has 2 aromatic rings. The maximum atomic E-state index is 4.21. The van der Waals surface area contributed by atoms with Crippen molar-refractivity contribution in [3.05, 3.63) is 42.5 Å². The fourth-order valence-corrected chi connectivity index (χ4v) is 1.60. The third-order valence-electron chi connectivity index (χ3n) is 2.48. The molecule has 4 heteroatoms. The topological polar surface area (TPSA) is 42.7 Å². The van der Waals surface area contributed by atoms with Gasteiger partial charge in [-0.15, -0.1) is 0 Å². The Morgan fingerprint density at radius 1 is 1.40 bits per heavy atom. The molecular formula is C11H14N4. The van der Waals surface area contributed by atoms with Gasteiger partial charge in [-0.1, -0.05) is 6.07 Å². The predicted octanol–water partition coefficient (Wildman–Crippen LogP) is 1.93. The Hall–Kier alpha value is -1.84. The van der Waals surface area contributed by atoms with Crippen LogP contribution < -0.4 is 5.32 Å². The summed E-state index contributed by atoms with van der Waals surface area (Å²) < 4.78 is 2.08. The Kier molecular flexibility index (Phi) is 2.67. The molecule has 0 aliphatic rings. The highest BCUT2D eigenvalue weighted by Gasteiger charge is 2.10. The molecule has 0 aromatic carbocycles. The normalized spacial score (nSPS) is 12.4. The number of hydrogen-bond acceptors (Lipinski definition) is 3. The van der Waals surface area contributed by atoms with Crippen LogP contribution in [0.4, 0.5) is 5.95 Å². The van der Waals surface area contributed by atoms with Crippen molar-refractivity contribution in [2.24, 2.45) is 0 Å². The number of hydrogen-bond donors (Lipinski definition) is 1. The van der Waals surface area contributed by atoms with Crippen molar-refractivity contribution in [3.8, 4) is 0 Å². The van der Waals surface area contributed by atoms with Gasteiger partial charge in [0.1, 0.15) is 0 Å². The predicted molar refractivity (Wildman–Crippen MR) is 59.8 cm³/mol. The highest BCUT2D eigenvalue weighted by Crippen LogP contribution is 2.20. The van der Waals surface area contributed by atoms with Crippen molar-refractivity contribution in [3.63, 3.8) is 0 Å². The number of pyridine rings is 1. The molecule has 0 amide bonds. The van der Waals surface area contributed by atoms with E-state index in [0.29, 0.717) is 0 Å². The van der Waals surface area contributed by atoms with Crippen LogP contribution in [0.2, 0.25) is 0 Å². The zero-order valence-electron chi connectivity index (χ0n) is 8.88. The maximum Gasteiger partial charge on any atom is 0.203 e. The molecule has 1 N–H and O–H groups in total. The van der Waals surface area contributed by atoms with Gasteiger partial charge in [0.15, 0.2) is 0 Å². The third-order valence-corrected chi connectivity index (χ3v) is 2.48. The summed E-state index contributed by atoms with van der Waals surface area (Å²) in [6.07, 6.45) is 7.41. The molecule has 1 unspecified atom stereocenters. The lowest BCUT2D eigenvalue weighted by Gasteiger charge is -2.15. The average molecular weight is 202 g/mol. The summed E-state index contributed by atoms with van der Waals surface area (Å²) in [7, 11) is 1.87. The number of rotatable bonds is 3. The smallest absolute Gasteiger partial charge is 0.203 e. The third kappa shape index (κ3) is 1.83. The van der Waals surface area contributed by atoms with E-state index >= 15 is 0 Å². The molecule has 0 spiro atoms. The Bertz CT molecular complexity index is 421. The van der Waals surface area contributed by atoms with E-state index in [-0.39, 0.29) is 6.04 Å². The van der Waals surface area contributed by atoms with Gasteiger partial charge in [-0.2, -0.15) is 0 Å². The Morgan fingerprint density at radius 3 is 2.93 bits per heavy atom. The summed E-state index contributed by atoms with van der Waals surface area (Å²) in [6.45, 7) is 2.12. The summed E-state index contributed by atoms with van der Waals surface area (Å²) in [5, 5.41) is 3.06. The van der Waals surface area contributed by atoms with Gasteiger partial charge in [0.05, 0.1) is 6.04 Å². The van der Waals surface area contributed by atoms with Gasteiger partial charge in [-0.25, -0.2) is 4.98 Å². The first-order valence-corrected chi connectivity index (χ1v) is 4.93. The molecular weight excluding hydrogens is 188 g/mol. The van der Waals surface area contributed by atoms with Crippen molar-refractivity contribution >= 4 is 5.95 Å². The van der Waals surface area contributed by atoms with Gasteiger partial charge >= 0.3 is 0 Å². The van der Waals surface area contributed by atoms with E-state index < -0.39 is 0 Å². The number of anilines is 1. The van der Waals surface area contributed by atoms with Crippen molar-refractivity contribution in [1.29, 1.82) is 0 Å². The summed E-state index contributed by atoms with van der Waals surface area (Å²) >= 11 is 0. The van der Waals surface area contributed by atoms with E-state index in [0.717, 1.165) is 5.95 Å². The van der Waals surface area contributed by atoms with E-state index in [1.54, 1.807) is 12.4 Å². The molecule has 0 aliphatic heterocycles. The first kappa shape index (κ1) is 9.71. The molecule has 0 fully saturated rings. The van der Waals surface area contributed by atoms with Gasteiger partial charge in [-0.05, 0) is 18.6 Å². The van der Waals surface area contributed by atoms with Crippen LogP contribution in [0, 0.1) is 0 Å². The summed E-state index contributed by atoms with van der Waals surface area (Å²) in [4.78, 5) is 8.33. The molecule has 15 heavy (non-hydrogen) atoms. The van der Waals surface area contributed by atoms with Crippen LogP contribution in [-0.2, 0) is 0 Å². The Labute approximate surface area is 89.0 Å². The largest absolute Gasteiger partial charge is 0.359 e. The quantitative estimate of drug-likeness (QED) is 0.827. The monoisotopic (exact) mass is 202 g/mol. The molecule has 4 nitrogen and oxygen atoms in total. The molecule has 1 atom stereocenters. The maximum absolute atomic E-state index is 4.21. The second-order valence-electron chi connectivity index (χ2n) is 3.37. The lowest BCUT2D eigenvalue weighted by Crippen LogP contribution is -2.09. The molecule has 0 saturated heterocycles. The summed E-state index contributed by atoms with van der Waals surface area (Å²) in [5.74, 6) is 0.867. The van der Waals surface area contributed by atoms with Gasteiger partial charge in [0.2, 0.25) is 5.95 Å². The van der Waals surface area contributed by atoms with Crippen LogP contribution in [0.1, 0.15) is 18.5 Å². The molecule has 78 valence electrons. The minimum atomic E-state index is 0.239. The molecule has 2 heterocycles. The number of aromatic nitrogens is 3. The average Bonchev–Trinajstić information content (AvgIpc) is 2.77. The number of imidazole rings is 1. The van der Waals surface area contributed by atoms with Crippen LogP contribution in [0.5, 0.6) is 0 Å². The fraction of sp³-hybridized carbons (Fsp3) is 0.273. The molecule has 2 aromatic heterocycles. The minimum absolute atomic E-state index is 0.239. The molecule has 0 saturated carbocycles. The zero-order chi connectivity index (χ0) is 10.7. The summed E-state index contributed by atoms with van der Waals surface area (Å²) in [5.41, 5.74) is 1.17. The highest BCUT2D eigenvalue weighted by molar-refractivity contribution is 5.28. The minimum Gasteiger partial charge on any atom is -0.359 e. The van der Waals surface area contributed by atoms with E-state index in [4.69, 9.17) is 0 Å². The van der Waals surface area contributed by atoms with Gasteiger partial charge in [-0.3, -0.25) is 4.98 Å². The Balaban J connectivity index is 2.32. The molecule has 0 bridgehead atoms. The van der Waals surface area contributed by atoms with Crippen LogP contribution in [0.3, 0.4) is 0 Å². The molecule has 0 aliphatic carbocycles. The van der Waals surface area contributed by atoms with Crippen molar-refractivity contribution in [2.45, 2.75) is 13.0 Å². The van der Waals surface area contributed by atoms with Crippen molar-refractivity contribution in [2.75, 3.05) is 12.4 Å². The SMILES string of the molecule is CNc1nccn1C(C)c1cccnc1. The standard InChI is InChI=1S/C11H14N4/c1-9(10-4-3-5-13-8-10)15-7-6-14-11(15)12-2/h3-9H,1-2H3,(H,12,14). The van der Waals surface area contributed by atoms with Gasteiger partial charge in [0, 0.05) is 31.8 Å². The Morgan fingerprint density at radius 2 is 2.27 bits per heavy atom. The van der Waals surface area contributed by atoms with E-state index in [9.17, 15) is 0 Å². The van der Waals surface area contributed by atoms with E-state index in [1.807, 2.05) is 25.5 Å². The highest BCUT2D eigenvalue weighted by atomic mass is 15.2. The lowest BCUT2D eigenvalue weighted by molar-refractivity contribution is 0.643. The molecule has 0 radical (unpaired) electrons. The van der Waals surface area contributed by atoms with Crippen LogP contribution in [0.25, 0.3) is 0 Å². The first-order chi connectivity index (χ1) is 7.33. The van der Waals surface area contributed by atoms with E-state index in [2.05, 4.69) is 32.8 Å². The number of nitrogens with zero attached hydrogens (tertiary/aromatic N) is 3. The van der Waals surface area contributed by atoms with E-state index in [1.165, 1.54) is 5.56 Å². The van der Waals surface area contributed by atoms with Crippen molar-refractivity contribution in [1.82, 2.24) is 14.5 Å². The number of nitrogens with one attached hydrogen (secondary N) is 1. The second kappa shape index (κ2) is 4.13. The lowest BCUT2D eigenvalue weighted by atomic mass is 10.1. The molecule has 2 rings (SSSR count). The van der Waals surface area contributed by atoms with Gasteiger partial charge < -0.3 is 9.88 Å². The zero-order valence-corrected chi connectivity index (χ0v) is 8.88. The van der Waals surface area contributed by atoms with Crippen LogP contribution in [0.15, 0.2) is 36.9 Å². The second-order valence-corrected chi connectivity index (χ2v) is 3.37. The van der Waals surface area contributed by atoms with Crippen molar-refractivity contribution < 1.29 is 0 Å². The van der Waals surface area contributed by atoms with Crippen LogP contribution >= 0.6 is 0 Å². The van der Waals surface area contributed by atoms with Gasteiger partial charge in [0.25, 0.3) is 0 Å². The summed E-state index contributed by atoms with van der Waals surface area (Å²) in [6, 6.07) is 4.25. The fourth-order valence-electron chi connectivity index (χ4n) is 1.60.